The van der Waals surface area contributed by atoms with Crippen LogP contribution in [0, 0.1) is 0 Å². The first-order valence-electron chi connectivity index (χ1n) is 38.8. The van der Waals surface area contributed by atoms with Gasteiger partial charge in [-0.1, -0.05) is 121 Å². The third-order valence-corrected chi connectivity index (χ3v) is 18.3. The average molecular weight is 1620 g/mol. The summed E-state index contributed by atoms with van der Waals surface area (Å²) in [5, 5.41) is 18.5. The van der Waals surface area contributed by atoms with E-state index in [1.807, 2.05) is 88.4 Å². The molecule has 0 fully saturated rings. The summed E-state index contributed by atoms with van der Waals surface area (Å²) >= 11 is 0. The van der Waals surface area contributed by atoms with E-state index >= 15 is 0 Å². The maximum Gasteiger partial charge on any atom is 1.00 e. The molecule has 1 unspecified atom stereocenters. The van der Waals surface area contributed by atoms with Gasteiger partial charge in [0.2, 0.25) is 0 Å². The molecule has 29 heteroatoms. The molecule has 28 nitrogen and oxygen atoms in total. The average Bonchev–Trinajstić information content (AvgIpc) is 1.71. The first-order valence-corrected chi connectivity index (χ1v) is 38.8. The number of fused-ring (bicyclic) bond motifs is 5. The molecule has 7 aromatic rings. The van der Waals surface area contributed by atoms with Crippen LogP contribution in [0.1, 0.15) is 226 Å². The fourth-order valence-corrected chi connectivity index (χ4v) is 12.6. The summed E-state index contributed by atoms with van der Waals surface area (Å²) in [5.41, 5.74) is 12.0. The van der Waals surface area contributed by atoms with Gasteiger partial charge in [-0.05, 0) is 177 Å². The number of aldehydes is 1. The topological polar surface area (TPSA) is 380 Å². The van der Waals surface area contributed by atoms with Gasteiger partial charge in [0.25, 0.3) is 65.5 Å². The first-order chi connectivity index (χ1) is 56.2. The van der Waals surface area contributed by atoms with E-state index in [0.717, 1.165) is 37.5 Å². The van der Waals surface area contributed by atoms with Crippen LogP contribution in [0.3, 0.4) is 0 Å². The number of hydrogen-bond donors (Lipinski definition) is 2. The maximum atomic E-state index is 12.2. The van der Waals surface area contributed by atoms with Gasteiger partial charge < -0.3 is 49.5 Å². The number of nitrogens with zero attached hydrogens (tertiary/aromatic N) is 5. The van der Waals surface area contributed by atoms with Gasteiger partial charge in [-0.2, -0.15) is 4.90 Å². The molecule has 616 valence electrons. The van der Waals surface area contributed by atoms with Crippen LogP contribution in [0.5, 0.6) is 0 Å². The molecule has 11 amide bonds. The fraction of sp³-hybridized carbons (Fsp3) is 0.364. The summed E-state index contributed by atoms with van der Waals surface area (Å²) in [6.45, 7) is 13.9. The van der Waals surface area contributed by atoms with Gasteiger partial charge >= 0.3 is 35.7 Å². The number of aliphatic hydroxyl groups is 1. The molecule has 0 saturated heterocycles. The van der Waals surface area contributed by atoms with Crippen LogP contribution in [-0.4, -0.2) is 198 Å². The van der Waals surface area contributed by atoms with E-state index in [1.165, 1.54) is 37.3 Å². The molecular formula is C88H101N6NaO22. The first kappa shape index (κ1) is 96.8. The normalized spacial score (nSPS) is 13.3. The number of Topliss-reactive ketones (excluding diaryl/α,β-unsaturated/α-hetero) is 1. The Morgan fingerprint density at radius 3 is 0.983 bits per heavy atom. The van der Waals surface area contributed by atoms with Crippen LogP contribution >= 0.6 is 0 Å². The number of carbonyl (C=O) groups is 14. The van der Waals surface area contributed by atoms with Crippen molar-refractivity contribution in [2.45, 2.75) is 143 Å². The number of ether oxygens (including phenoxy) is 5. The molecule has 3 N–H and O–H groups in total. The standard InChI is InChI=1S/C20H21NO3.C20H19NO3.C16H21NO4.C12H11NO3.C11H9NO4.C8H19NO2.CH2O3.Na/c2*22-16(13-12-15-7-2-1-3-8-15)9-6-14-21-19(23)17-10-4-5-11-18(17)20(21)24;1-3-20-14(21-4-2)10-7-11-17-15(18)12-8-5-6-9-13(12)16(17)19;14-8-4-3-7-13-11(15)9-5-1-2-6-10(9)12(13)16;1-2-16-11(15)12-9(13)7-5-3-4-6-8(7)10(12)14;1-3-10-8(11-4-2)6-5-7-9;2-1-4-3;/h1-5,7-8,10-11,16,22H,6,9,12-14H2;1-5,7-8,10-11H,6,9,12-14H2;5-6,8-9,14H,3-4,7,10-11H2,1-2H3;1-2,5-6,8H,3-4,7H2;3-6H,2H2,1H3;8H,3-7,9H2,1-2H3;1,3H;/q;;;;;;;+1/p-1. The minimum absolute atomic E-state index is 0. The second-order valence-electron chi connectivity index (χ2n) is 26.1. The Bertz CT molecular complexity index is 4260. The fourth-order valence-electron chi connectivity index (χ4n) is 12.6. The van der Waals surface area contributed by atoms with E-state index in [0.29, 0.717) is 173 Å². The molecule has 1 atom stereocenters. The number of imide groups is 7. The van der Waals surface area contributed by atoms with Crippen molar-refractivity contribution in [3.63, 3.8) is 0 Å². The molecule has 5 aliphatic rings. The van der Waals surface area contributed by atoms with Crippen LogP contribution in [0.15, 0.2) is 182 Å². The Kier molecular flexibility index (Phi) is 43.6. The number of rotatable bonds is 35. The van der Waals surface area contributed by atoms with Crippen LogP contribution in [0.2, 0.25) is 0 Å². The minimum Gasteiger partial charge on any atom is -0.662 e. The van der Waals surface area contributed by atoms with E-state index in [2.05, 4.69) is 9.62 Å². The Morgan fingerprint density at radius 1 is 0.385 bits per heavy atom. The molecule has 12 rings (SSSR count). The smallest absolute Gasteiger partial charge is 0.662 e. The molecule has 7 aromatic carbocycles. The van der Waals surface area contributed by atoms with Crippen LogP contribution in [0.25, 0.3) is 0 Å². The number of ketones is 1. The molecule has 5 aliphatic heterocycles. The Balaban J connectivity index is 0.000000251. The Morgan fingerprint density at radius 2 is 0.675 bits per heavy atom. The molecular weight excluding hydrogens is 1520 g/mol. The van der Waals surface area contributed by atoms with Crippen LogP contribution in [0.4, 0.5) is 4.79 Å². The van der Waals surface area contributed by atoms with E-state index in [9.17, 15) is 67.4 Å². The molecule has 0 aliphatic carbocycles. The third kappa shape index (κ3) is 28.8. The largest absolute Gasteiger partial charge is 1.00 e. The minimum atomic E-state index is -0.922. The van der Waals surface area contributed by atoms with Gasteiger partial charge in [-0.15, -0.1) is 0 Å². The van der Waals surface area contributed by atoms with Gasteiger partial charge in [-0.3, -0.25) is 77.1 Å². The molecule has 0 spiro atoms. The molecule has 5 heterocycles. The van der Waals surface area contributed by atoms with E-state index < -0.39 is 24.0 Å². The van der Waals surface area contributed by atoms with Crippen molar-refractivity contribution >= 4 is 83.7 Å². The number of aliphatic hydroxyl groups excluding tert-OH is 1. The van der Waals surface area contributed by atoms with Crippen LogP contribution < -0.4 is 40.5 Å². The van der Waals surface area contributed by atoms with E-state index in [4.69, 9.17) is 34.7 Å². The van der Waals surface area contributed by atoms with Gasteiger partial charge in [-0.25, -0.2) is 4.79 Å². The zero-order valence-electron chi connectivity index (χ0n) is 67.0. The predicted octanol–water partition coefficient (Wildman–Crippen LogP) is 8.05. The molecule has 0 saturated carbocycles. The van der Waals surface area contributed by atoms with Gasteiger partial charge in [0, 0.05) is 78.3 Å². The molecule has 0 radical (unpaired) electrons. The van der Waals surface area contributed by atoms with Crippen molar-refractivity contribution in [1.82, 2.24) is 24.5 Å². The number of aryl methyl sites for hydroxylation is 2. The quantitative estimate of drug-likeness (QED) is 0.00721. The summed E-state index contributed by atoms with van der Waals surface area (Å²) in [6.07, 6.45) is 8.05. The van der Waals surface area contributed by atoms with Crippen LogP contribution in [-0.2, 0) is 55.8 Å². The summed E-state index contributed by atoms with van der Waals surface area (Å²) < 4.78 is 26.2. The summed E-state index contributed by atoms with van der Waals surface area (Å²) in [5.74, 6) is -2.99. The van der Waals surface area contributed by atoms with Crippen molar-refractivity contribution in [3.05, 3.63) is 249 Å². The molecule has 117 heavy (non-hydrogen) atoms. The Hall–Kier alpha value is -10.8. The number of benzene rings is 7. The van der Waals surface area contributed by atoms with Crippen molar-refractivity contribution in [2.75, 3.05) is 65.8 Å². The number of amides is 11. The summed E-state index contributed by atoms with van der Waals surface area (Å²) in [4.78, 5) is 171. The third-order valence-electron chi connectivity index (χ3n) is 18.3. The van der Waals surface area contributed by atoms with Crippen molar-refractivity contribution in [3.8, 4) is 0 Å². The number of hydrogen-bond acceptors (Lipinski definition) is 23. The van der Waals surface area contributed by atoms with Crippen molar-refractivity contribution in [2.24, 2.45) is 5.73 Å². The second kappa shape index (κ2) is 52.7. The predicted molar refractivity (Wildman–Crippen MR) is 424 cm³/mol. The SMILES string of the molecule is CCOC(=O)N1C(=O)c2ccccc2C1=O.CCOC(CCCN)OCC.CCOC(CCCN1C(=O)c2ccccc2C1=O)OCC.O=C(CCCN1C(=O)c2ccccc2C1=O)CCc1ccccc1.O=C1c2ccccc2C(=O)N1CCCC(O)CCc1ccccc1.O=CCCCN1C(=O)c2ccccc2C1=O.O=CO[O-].[Na+]. The summed E-state index contributed by atoms with van der Waals surface area (Å²) in [7, 11) is 0. The number of nitrogens with two attached hydrogens (primary N) is 1. The molecule has 0 bridgehead atoms. The second-order valence-corrected chi connectivity index (χ2v) is 26.1. The van der Waals surface area contributed by atoms with Crippen molar-refractivity contribution < 1.29 is 136 Å². The number of unbranched alkanes of at least 4 members (excludes halogenated alkanes) is 1. The molecule has 0 aromatic heterocycles. The monoisotopic (exact) mass is 1620 g/mol. The summed E-state index contributed by atoms with van der Waals surface area (Å²) in [6, 6.07) is 53.7. The maximum absolute atomic E-state index is 12.2. The van der Waals surface area contributed by atoms with Crippen molar-refractivity contribution in [1.29, 1.82) is 0 Å². The zero-order valence-corrected chi connectivity index (χ0v) is 69.0. The van der Waals surface area contributed by atoms with Gasteiger partial charge in [0.15, 0.2) is 12.6 Å². The Labute approximate surface area is 703 Å². The van der Waals surface area contributed by atoms with Gasteiger partial charge in [0.05, 0.1) is 68.3 Å². The van der Waals surface area contributed by atoms with E-state index in [-0.39, 0.29) is 119 Å². The number of carbonyl (C=O) groups excluding carboxylic acids is 14. The zero-order chi connectivity index (χ0) is 84.3. The van der Waals surface area contributed by atoms with Gasteiger partial charge in [0.1, 0.15) is 12.1 Å². The van der Waals surface area contributed by atoms with E-state index in [1.54, 1.807) is 116 Å².